The molecular weight excluding hydrogens is 348 g/mol. The normalized spacial score (nSPS) is 11.7. The number of rotatable bonds is 4. The number of nitrogens with zero attached hydrogens (tertiary/aromatic N) is 2. The van der Waals surface area contributed by atoms with Crippen LogP contribution < -0.4 is 4.18 Å². The van der Waals surface area contributed by atoms with E-state index in [4.69, 9.17) is 8.71 Å². The summed E-state index contributed by atoms with van der Waals surface area (Å²) in [4.78, 5) is 4.88. The van der Waals surface area contributed by atoms with Gasteiger partial charge in [-0.1, -0.05) is 23.4 Å². The van der Waals surface area contributed by atoms with Gasteiger partial charge in [0.2, 0.25) is 0 Å². The van der Waals surface area contributed by atoms with E-state index in [-0.39, 0.29) is 9.96 Å². The maximum atomic E-state index is 12.5. The van der Waals surface area contributed by atoms with Crippen molar-refractivity contribution < 1.29 is 17.1 Å². The number of fused-ring (bicyclic) bond motifs is 1. The van der Waals surface area contributed by atoms with Gasteiger partial charge in [0, 0.05) is 17.6 Å². The third-order valence-electron chi connectivity index (χ3n) is 3.31. The minimum Gasteiger partial charge on any atom is -0.376 e. The Bertz CT molecular complexity index is 1100. The van der Waals surface area contributed by atoms with Crippen molar-refractivity contribution in [3.8, 4) is 16.3 Å². The fraction of sp³-hybridized carbons (Fsp3) is 0. The summed E-state index contributed by atoms with van der Waals surface area (Å²) in [5.74, 6) is 0.199. The fourth-order valence-corrected chi connectivity index (χ4v) is 4.40. The standard InChI is InChI=1S/C16H10N2O4S2/c19-24(20,15-7-6-14(23-15)12-8-10-21-18-12)22-13-5-1-3-11-4-2-9-17-16(11)13/h1-10H. The first-order valence-corrected chi connectivity index (χ1v) is 9.15. The molecular formula is C16H10N2O4S2. The Kier molecular flexibility index (Phi) is 3.55. The van der Waals surface area contributed by atoms with Crippen molar-refractivity contribution in [2.45, 2.75) is 4.21 Å². The lowest BCUT2D eigenvalue weighted by molar-refractivity contribution is 0.422. The molecule has 0 fully saturated rings. The average Bonchev–Trinajstić information content (AvgIpc) is 3.26. The number of hydrogen-bond acceptors (Lipinski definition) is 7. The smallest absolute Gasteiger partial charge is 0.348 e. The molecule has 0 unspecified atom stereocenters. The highest BCUT2D eigenvalue weighted by molar-refractivity contribution is 7.89. The van der Waals surface area contributed by atoms with Crippen LogP contribution in [-0.2, 0) is 10.1 Å². The van der Waals surface area contributed by atoms with Crippen LogP contribution in [0.25, 0.3) is 21.5 Å². The molecule has 8 heteroatoms. The van der Waals surface area contributed by atoms with Gasteiger partial charge in [0.1, 0.15) is 17.5 Å². The second-order valence-corrected chi connectivity index (χ2v) is 7.73. The Morgan fingerprint density at radius 3 is 2.75 bits per heavy atom. The first-order valence-electron chi connectivity index (χ1n) is 6.92. The molecule has 0 radical (unpaired) electrons. The van der Waals surface area contributed by atoms with Gasteiger partial charge in [-0.05, 0) is 24.3 Å². The predicted octanol–water partition coefficient (Wildman–Crippen LogP) is 3.72. The van der Waals surface area contributed by atoms with Crippen LogP contribution in [0.1, 0.15) is 0 Å². The summed E-state index contributed by atoms with van der Waals surface area (Å²) in [5, 5.41) is 4.60. The Balaban J connectivity index is 1.71. The maximum Gasteiger partial charge on any atom is 0.348 e. The lowest BCUT2D eigenvalue weighted by atomic mass is 10.2. The van der Waals surface area contributed by atoms with Crippen molar-refractivity contribution in [1.82, 2.24) is 10.1 Å². The molecule has 3 heterocycles. The lowest BCUT2D eigenvalue weighted by Gasteiger charge is -2.07. The molecule has 0 aliphatic carbocycles. The number of hydrogen-bond donors (Lipinski definition) is 0. The molecule has 1 aromatic carbocycles. The van der Waals surface area contributed by atoms with Gasteiger partial charge < -0.3 is 8.71 Å². The van der Waals surface area contributed by atoms with Gasteiger partial charge in [0.15, 0.2) is 9.96 Å². The van der Waals surface area contributed by atoms with E-state index in [0.29, 0.717) is 16.1 Å². The summed E-state index contributed by atoms with van der Waals surface area (Å²) < 4.78 is 35.3. The van der Waals surface area contributed by atoms with E-state index < -0.39 is 10.1 Å². The molecule has 0 aliphatic rings. The van der Waals surface area contributed by atoms with Gasteiger partial charge in [0.05, 0.1) is 4.88 Å². The summed E-state index contributed by atoms with van der Waals surface area (Å²) in [5.41, 5.74) is 1.07. The summed E-state index contributed by atoms with van der Waals surface area (Å²) >= 11 is 1.07. The Morgan fingerprint density at radius 2 is 1.92 bits per heavy atom. The zero-order valence-electron chi connectivity index (χ0n) is 12.1. The van der Waals surface area contributed by atoms with E-state index in [0.717, 1.165) is 16.7 Å². The fourth-order valence-electron chi connectivity index (χ4n) is 2.23. The molecule has 0 bridgehead atoms. The SMILES string of the molecule is O=S(=O)(Oc1cccc2cccnc12)c1ccc(-c2ccon2)s1. The second kappa shape index (κ2) is 5.73. The van der Waals surface area contributed by atoms with Gasteiger partial charge in [-0.25, -0.2) is 0 Å². The van der Waals surface area contributed by atoms with Crippen LogP contribution >= 0.6 is 11.3 Å². The molecule has 0 spiro atoms. The van der Waals surface area contributed by atoms with Crippen LogP contribution in [0.3, 0.4) is 0 Å². The highest BCUT2D eigenvalue weighted by Crippen LogP contribution is 2.32. The van der Waals surface area contributed by atoms with E-state index in [9.17, 15) is 8.42 Å². The van der Waals surface area contributed by atoms with Crippen molar-refractivity contribution >= 4 is 32.4 Å². The van der Waals surface area contributed by atoms with Crippen LogP contribution in [0.4, 0.5) is 0 Å². The molecule has 0 saturated carbocycles. The monoisotopic (exact) mass is 358 g/mol. The van der Waals surface area contributed by atoms with Crippen LogP contribution in [0.5, 0.6) is 5.75 Å². The van der Waals surface area contributed by atoms with E-state index >= 15 is 0 Å². The zero-order chi connectivity index (χ0) is 16.6. The Labute approximate surface area is 141 Å². The molecule has 120 valence electrons. The minimum atomic E-state index is -3.95. The van der Waals surface area contributed by atoms with Crippen molar-refractivity contribution in [3.05, 3.63) is 61.0 Å². The van der Waals surface area contributed by atoms with Crippen molar-refractivity contribution in [3.63, 3.8) is 0 Å². The molecule has 6 nitrogen and oxygen atoms in total. The van der Waals surface area contributed by atoms with Gasteiger partial charge in [-0.3, -0.25) is 4.98 Å². The first-order chi connectivity index (χ1) is 11.6. The van der Waals surface area contributed by atoms with E-state index in [1.807, 2.05) is 12.1 Å². The second-order valence-electron chi connectivity index (χ2n) is 4.87. The third-order valence-corrected chi connectivity index (χ3v) is 6.11. The van der Waals surface area contributed by atoms with Crippen molar-refractivity contribution in [2.75, 3.05) is 0 Å². The van der Waals surface area contributed by atoms with Gasteiger partial charge in [-0.2, -0.15) is 8.42 Å². The van der Waals surface area contributed by atoms with Crippen molar-refractivity contribution in [2.24, 2.45) is 0 Å². The lowest BCUT2D eigenvalue weighted by Crippen LogP contribution is -2.08. The molecule has 0 amide bonds. The summed E-state index contributed by atoms with van der Waals surface area (Å²) in [6, 6.07) is 13.6. The quantitative estimate of drug-likeness (QED) is 0.517. The highest BCUT2D eigenvalue weighted by Gasteiger charge is 2.21. The predicted molar refractivity (Wildman–Crippen MR) is 89.4 cm³/mol. The summed E-state index contributed by atoms with van der Waals surface area (Å²) in [6.45, 7) is 0. The third kappa shape index (κ3) is 2.66. The number of pyridine rings is 1. The van der Waals surface area contributed by atoms with E-state index in [2.05, 4.69) is 10.1 Å². The topological polar surface area (TPSA) is 82.3 Å². The number of para-hydroxylation sites is 1. The Morgan fingerprint density at radius 1 is 1.04 bits per heavy atom. The largest absolute Gasteiger partial charge is 0.376 e. The van der Waals surface area contributed by atoms with Crippen LogP contribution in [0.2, 0.25) is 0 Å². The number of benzene rings is 1. The van der Waals surface area contributed by atoms with Gasteiger partial charge in [-0.15, -0.1) is 11.3 Å². The average molecular weight is 358 g/mol. The highest BCUT2D eigenvalue weighted by atomic mass is 32.3. The molecule has 4 aromatic rings. The Hall–Kier alpha value is -2.71. The maximum absolute atomic E-state index is 12.5. The van der Waals surface area contributed by atoms with Gasteiger partial charge in [0.25, 0.3) is 0 Å². The number of thiophene rings is 1. The molecule has 0 saturated heterocycles. The molecule has 3 aromatic heterocycles. The van der Waals surface area contributed by atoms with Crippen LogP contribution in [0, 0.1) is 0 Å². The molecule has 24 heavy (non-hydrogen) atoms. The molecule has 0 aliphatic heterocycles. The van der Waals surface area contributed by atoms with E-state index in [1.165, 1.54) is 12.3 Å². The van der Waals surface area contributed by atoms with Gasteiger partial charge >= 0.3 is 10.1 Å². The molecule has 4 rings (SSSR count). The molecule has 0 N–H and O–H groups in total. The van der Waals surface area contributed by atoms with Crippen LogP contribution in [0.15, 0.2) is 69.7 Å². The molecule has 0 atom stereocenters. The van der Waals surface area contributed by atoms with E-state index in [1.54, 1.807) is 36.5 Å². The van der Waals surface area contributed by atoms with Crippen molar-refractivity contribution in [1.29, 1.82) is 0 Å². The minimum absolute atomic E-state index is 0.0911. The summed E-state index contributed by atoms with van der Waals surface area (Å²) in [7, 11) is -3.95. The van der Waals surface area contributed by atoms with Crippen LogP contribution in [-0.4, -0.2) is 18.6 Å². The zero-order valence-corrected chi connectivity index (χ0v) is 13.8. The summed E-state index contributed by atoms with van der Waals surface area (Å²) in [6.07, 6.45) is 3.02. The first kappa shape index (κ1) is 14.9. The number of aromatic nitrogens is 2.